The summed E-state index contributed by atoms with van der Waals surface area (Å²) < 4.78 is 63.7. The first-order valence-corrected chi connectivity index (χ1v) is 14.0. The van der Waals surface area contributed by atoms with Gasteiger partial charge in [0.05, 0.1) is 6.42 Å². The fourth-order valence-electron chi connectivity index (χ4n) is 5.58. The van der Waals surface area contributed by atoms with E-state index >= 15 is 0 Å². The maximum Gasteiger partial charge on any atom is 0.573 e. The lowest BCUT2D eigenvalue weighted by atomic mass is 9.79. The van der Waals surface area contributed by atoms with Gasteiger partial charge in [0.25, 0.3) is 0 Å². The molecule has 3 aromatic rings. The highest BCUT2D eigenvalue weighted by Gasteiger charge is 2.34. The largest absolute Gasteiger partial charge is 0.573 e. The smallest absolute Gasteiger partial charge is 0.489 e. The molecule has 4 nitrogen and oxygen atoms in total. The zero-order valence-corrected chi connectivity index (χ0v) is 23.6. The van der Waals surface area contributed by atoms with Crippen LogP contribution < -0.4 is 9.47 Å². The van der Waals surface area contributed by atoms with Crippen LogP contribution in [0, 0.1) is 17.2 Å². The molecule has 1 atom stereocenters. The summed E-state index contributed by atoms with van der Waals surface area (Å²) in [6, 6.07) is 16.0. The third-order valence-electron chi connectivity index (χ3n) is 7.50. The Hall–Kier alpha value is -3.55. The molecule has 1 saturated carbocycles. The Labute approximate surface area is 238 Å². The summed E-state index contributed by atoms with van der Waals surface area (Å²) in [5, 5.41) is 9.36. The van der Waals surface area contributed by atoms with Crippen molar-refractivity contribution in [3.63, 3.8) is 0 Å². The molecule has 0 aliphatic heterocycles. The number of ether oxygens (including phenoxy) is 2. The first-order chi connectivity index (χ1) is 19.3. The van der Waals surface area contributed by atoms with Crippen LogP contribution in [0.4, 0.5) is 17.6 Å². The van der Waals surface area contributed by atoms with Crippen molar-refractivity contribution in [2.24, 2.45) is 11.3 Å². The standard InChI is InChI=1S/C33H36F4O4/c1-4-14-32(2,3)19-24-15-21(8-12-27(24)29-17-26(11-13-30(29)34)41-33(35,36)37)20-40-25-7-5-6-23(16-25)28(18-31(38)39)22-9-10-22/h5-8,11-13,15-17,22,28H,4,9-10,14,18-20H2,1-3H3,(H,38,39). The lowest BCUT2D eigenvalue weighted by Crippen LogP contribution is -2.17. The molecule has 0 radical (unpaired) electrons. The summed E-state index contributed by atoms with van der Waals surface area (Å²) in [4.78, 5) is 11.4. The van der Waals surface area contributed by atoms with E-state index < -0.39 is 23.9 Å². The van der Waals surface area contributed by atoms with Crippen LogP contribution in [0.3, 0.4) is 0 Å². The number of hydrogen-bond donors (Lipinski definition) is 1. The normalized spacial score (nSPS) is 14.5. The monoisotopic (exact) mass is 572 g/mol. The van der Waals surface area contributed by atoms with E-state index in [1.807, 2.05) is 30.3 Å². The number of carboxylic acids is 1. The maximum atomic E-state index is 15.0. The Morgan fingerprint density at radius 3 is 2.41 bits per heavy atom. The summed E-state index contributed by atoms with van der Waals surface area (Å²) >= 11 is 0. The highest BCUT2D eigenvalue weighted by molar-refractivity contribution is 5.70. The van der Waals surface area contributed by atoms with Crippen molar-refractivity contribution in [1.82, 2.24) is 0 Å². The van der Waals surface area contributed by atoms with Gasteiger partial charge in [0, 0.05) is 5.56 Å². The molecular formula is C33H36F4O4. The lowest BCUT2D eigenvalue weighted by Gasteiger charge is -2.26. The van der Waals surface area contributed by atoms with E-state index in [0.717, 1.165) is 60.6 Å². The number of halogens is 4. The molecule has 1 N–H and O–H groups in total. The second-order valence-electron chi connectivity index (χ2n) is 11.7. The molecule has 1 aliphatic carbocycles. The maximum absolute atomic E-state index is 15.0. The van der Waals surface area contributed by atoms with Gasteiger partial charge >= 0.3 is 12.3 Å². The average molecular weight is 573 g/mol. The van der Waals surface area contributed by atoms with Gasteiger partial charge in [0.1, 0.15) is 23.9 Å². The zero-order chi connectivity index (χ0) is 29.8. The number of carboxylic acid groups (broad SMARTS) is 1. The van der Waals surface area contributed by atoms with Gasteiger partial charge in [-0.2, -0.15) is 0 Å². The number of carbonyl (C=O) groups is 1. The fraction of sp³-hybridized carbons (Fsp3) is 0.424. The molecule has 1 aliphatic rings. The Bertz CT molecular complexity index is 1360. The Kier molecular flexibility index (Phi) is 9.30. The first-order valence-electron chi connectivity index (χ1n) is 14.0. The minimum atomic E-state index is -4.88. The Morgan fingerprint density at radius 1 is 1.00 bits per heavy atom. The topological polar surface area (TPSA) is 55.8 Å². The molecule has 1 fully saturated rings. The van der Waals surface area contributed by atoms with Crippen LogP contribution in [0.5, 0.6) is 11.5 Å². The SMILES string of the molecule is CCCC(C)(C)Cc1cc(COc2cccc(C(CC(=O)O)C3CC3)c2)ccc1-c1cc(OC(F)(F)F)ccc1F. The van der Waals surface area contributed by atoms with Gasteiger partial charge in [-0.05, 0) is 95.5 Å². The van der Waals surface area contributed by atoms with E-state index in [2.05, 4.69) is 25.5 Å². The van der Waals surface area contributed by atoms with Crippen molar-refractivity contribution in [3.8, 4) is 22.6 Å². The third kappa shape index (κ3) is 8.72. The molecule has 0 heterocycles. The number of alkyl halides is 3. The van der Waals surface area contributed by atoms with Crippen molar-refractivity contribution in [3.05, 3.63) is 83.2 Å². The molecule has 4 rings (SSSR count). The van der Waals surface area contributed by atoms with Crippen LogP contribution in [-0.4, -0.2) is 17.4 Å². The third-order valence-corrected chi connectivity index (χ3v) is 7.50. The Balaban J connectivity index is 1.61. The van der Waals surface area contributed by atoms with Crippen LogP contribution in [0.1, 0.15) is 75.5 Å². The van der Waals surface area contributed by atoms with E-state index in [9.17, 15) is 27.5 Å². The molecule has 220 valence electrons. The van der Waals surface area contributed by atoms with Gasteiger partial charge < -0.3 is 14.6 Å². The van der Waals surface area contributed by atoms with Gasteiger partial charge in [-0.1, -0.05) is 57.5 Å². The second kappa shape index (κ2) is 12.5. The van der Waals surface area contributed by atoms with Crippen molar-refractivity contribution in [1.29, 1.82) is 0 Å². The van der Waals surface area contributed by atoms with Crippen molar-refractivity contribution in [2.75, 3.05) is 0 Å². The van der Waals surface area contributed by atoms with Crippen LogP contribution >= 0.6 is 0 Å². The van der Waals surface area contributed by atoms with E-state index in [4.69, 9.17) is 4.74 Å². The van der Waals surface area contributed by atoms with Crippen LogP contribution in [0.25, 0.3) is 11.1 Å². The van der Waals surface area contributed by atoms with Crippen LogP contribution in [-0.2, 0) is 17.8 Å². The van der Waals surface area contributed by atoms with Crippen molar-refractivity contribution < 1.29 is 36.9 Å². The van der Waals surface area contributed by atoms with E-state index in [-0.39, 0.29) is 29.9 Å². The van der Waals surface area contributed by atoms with Crippen LogP contribution in [0.15, 0.2) is 60.7 Å². The second-order valence-corrected chi connectivity index (χ2v) is 11.7. The molecule has 0 bridgehead atoms. The number of aliphatic carboxylic acids is 1. The molecule has 41 heavy (non-hydrogen) atoms. The predicted molar refractivity (Wildman–Crippen MR) is 149 cm³/mol. The quantitative estimate of drug-likeness (QED) is 0.207. The minimum absolute atomic E-state index is 0.0405. The highest BCUT2D eigenvalue weighted by atomic mass is 19.4. The van der Waals surface area contributed by atoms with Gasteiger partial charge in [0.2, 0.25) is 0 Å². The molecule has 3 aromatic carbocycles. The van der Waals surface area contributed by atoms with E-state index in [1.165, 1.54) is 0 Å². The summed E-state index contributed by atoms with van der Waals surface area (Å²) in [6.45, 7) is 6.53. The zero-order valence-electron chi connectivity index (χ0n) is 23.6. The van der Waals surface area contributed by atoms with E-state index in [0.29, 0.717) is 23.7 Å². The minimum Gasteiger partial charge on any atom is -0.489 e. The predicted octanol–water partition coefficient (Wildman–Crippen LogP) is 9.31. The first kappa shape index (κ1) is 30.4. The summed E-state index contributed by atoms with van der Waals surface area (Å²) in [6.07, 6.45) is -0.297. The Morgan fingerprint density at radius 2 is 1.76 bits per heavy atom. The molecule has 0 aromatic heterocycles. The number of benzene rings is 3. The van der Waals surface area contributed by atoms with Crippen molar-refractivity contribution in [2.45, 2.75) is 78.2 Å². The van der Waals surface area contributed by atoms with Gasteiger partial charge in [-0.25, -0.2) is 4.39 Å². The van der Waals surface area contributed by atoms with Crippen LogP contribution in [0.2, 0.25) is 0 Å². The van der Waals surface area contributed by atoms with Gasteiger partial charge in [-0.3, -0.25) is 4.79 Å². The summed E-state index contributed by atoms with van der Waals surface area (Å²) in [5.74, 6) is -0.982. The van der Waals surface area contributed by atoms with Crippen molar-refractivity contribution >= 4 is 5.97 Å². The molecule has 0 spiro atoms. The summed E-state index contributed by atoms with van der Waals surface area (Å²) in [5.41, 5.74) is 2.99. The van der Waals surface area contributed by atoms with E-state index in [1.54, 1.807) is 12.1 Å². The average Bonchev–Trinajstić information content (AvgIpc) is 3.72. The molecule has 0 saturated heterocycles. The summed E-state index contributed by atoms with van der Waals surface area (Å²) in [7, 11) is 0. The molecule has 8 heteroatoms. The number of hydrogen-bond acceptors (Lipinski definition) is 3. The molecule has 0 amide bonds. The fourth-order valence-corrected chi connectivity index (χ4v) is 5.58. The lowest BCUT2D eigenvalue weighted by molar-refractivity contribution is -0.274. The number of rotatable bonds is 13. The van der Waals surface area contributed by atoms with Gasteiger partial charge in [-0.15, -0.1) is 13.2 Å². The van der Waals surface area contributed by atoms with Gasteiger partial charge in [0.15, 0.2) is 0 Å². The molecule has 1 unspecified atom stereocenters. The molecular weight excluding hydrogens is 536 g/mol. The highest BCUT2D eigenvalue weighted by Crippen LogP contribution is 2.45.